The number of oxazole rings is 1. The zero-order chi connectivity index (χ0) is 11.8. The van der Waals surface area contributed by atoms with Gasteiger partial charge in [-0.3, -0.25) is 0 Å². The molecule has 0 spiro atoms. The Morgan fingerprint density at radius 2 is 2.12 bits per heavy atom. The Labute approximate surface area is 92.6 Å². The number of benzene rings is 1. The number of hydrogen-bond donors (Lipinski definition) is 0. The van der Waals surface area contributed by atoms with Crippen molar-refractivity contribution in [3.8, 4) is 5.75 Å². The van der Waals surface area contributed by atoms with Gasteiger partial charge in [-0.25, -0.2) is 4.98 Å². The molecule has 86 valence electrons. The van der Waals surface area contributed by atoms with E-state index in [4.69, 9.17) is 4.42 Å². The molecule has 0 amide bonds. The quantitative estimate of drug-likeness (QED) is 0.763. The van der Waals surface area contributed by atoms with Crippen LogP contribution in [0.2, 0.25) is 0 Å². The standard InChI is InChI=1S/C9H6F3NO2S/c1-16-8-13-6-3-2-5(4-7(6)14-8)15-9(10,11)12/h2-4H,1H3. The summed E-state index contributed by atoms with van der Waals surface area (Å²) in [5.74, 6) is -0.316. The number of halogens is 3. The summed E-state index contributed by atoms with van der Waals surface area (Å²) in [4.78, 5) is 4.03. The van der Waals surface area contributed by atoms with Crippen LogP contribution in [0.25, 0.3) is 11.1 Å². The number of hydrogen-bond acceptors (Lipinski definition) is 4. The van der Waals surface area contributed by atoms with E-state index in [1.807, 2.05) is 0 Å². The van der Waals surface area contributed by atoms with E-state index in [0.717, 1.165) is 6.07 Å². The molecular formula is C9H6F3NO2S. The van der Waals surface area contributed by atoms with Crippen molar-refractivity contribution in [3.63, 3.8) is 0 Å². The van der Waals surface area contributed by atoms with Gasteiger partial charge in [0.1, 0.15) is 11.3 Å². The molecule has 1 heterocycles. The van der Waals surface area contributed by atoms with Gasteiger partial charge in [-0.2, -0.15) is 0 Å². The number of rotatable bonds is 2. The van der Waals surface area contributed by atoms with E-state index in [2.05, 4.69) is 9.72 Å². The van der Waals surface area contributed by atoms with Gasteiger partial charge in [-0.1, -0.05) is 11.8 Å². The average molecular weight is 249 g/mol. The maximum Gasteiger partial charge on any atom is 0.573 e. The summed E-state index contributed by atoms with van der Waals surface area (Å²) >= 11 is 1.27. The highest BCUT2D eigenvalue weighted by Gasteiger charge is 2.31. The molecule has 0 radical (unpaired) electrons. The van der Waals surface area contributed by atoms with Crippen molar-refractivity contribution in [2.75, 3.05) is 6.26 Å². The van der Waals surface area contributed by atoms with Crippen molar-refractivity contribution in [1.29, 1.82) is 0 Å². The molecule has 0 bridgehead atoms. The van der Waals surface area contributed by atoms with Crippen LogP contribution in [0.4, 0.5) is 13.2 Å². The van der Waals surface area contributed by atoms with Crippen LogP contribution < -0.4 is 4.74 Å². The van der Waals surface area contributed by atoms with Crippen LogP contribution in [0.1, 0.15) is 0 Å². The minimum Gasteiger partial charge on any atom is -0.431 e. The van der Waals surface area contributed by atoms with Crippen LogP contribution in [0, 0.1) is 0 Å². The first kappa shape index (κ1) is 11.1. The zero-order valence-corrected chi connectivity index (χ0v) is 8.85. The summed E-state index contributed by atoms with van der Waals surface area (Å²) in [7, 11) is 0. The van der Waals surface area contributed by atoms with Gasteiger partial charge >= 0.3 is 6.36 Å². The predicted octanol–water partition coefficient (Wildman–Crippen LogP) is 3.45. The van der Waals surface area contributed by atoms with E-state index >= 15 is 0 Å². The molecule has 0 unspecified atom stereocenters. The van der Waals surface area contributed by atoms with Crippen molar-refractivity contribution in [2.24, 2.45) is 0 Å². The summed E-state index contributed by atoms with van der Waals surface area (Å²) in [6, 6.07) is 3.78. The average Bonchev–Trinajstić information content (AvgIpc) is 2.57. The molecule has 1 aromatic heterocycles. The maximum absolute atomic E-state index is 11.9. The van der Waals surface area contributed by atoms with Crippen LogP contribution >= 0.6 is 11.8 Å². The molecule has 0 saturated carbocycles. The Bertz CT molecular complexity index is 509. The van der Waals surface area contributed by atoms with Gasteiger partial charge in [-0.05, 0) is 18.4 Å². The van der Waals surface area contributed by atoms with E-state index < -0.39 is 6.36 Å². The third-order valence-corrected chi connectivity index (χ3v) is 2.27. The fourth-order valence-electron chi connectivity index (χ4n) is 1.17. The predicted molar refractivity (Wildman–Crippen MR) is 52.5 cm³/mol. The van der Waals surface area contributed by atoms with Gasteiger partial charge < -0.3 is 9.15 Å². The smallest absolute Gasteiger partial charge is 0.431 e. The first-order chi connectivity index (χ1) is 7.48. The zero-order valence-electron chi connectivity index (χ0n) is 8.04. The lowest BCUT2D eigenvalue weighted by Gasteiger charge is -2.07. The molecule has 2 aromatic rings. The van der Waals surface area contributed by atoms with Crippen LogP contribution in [-0.4, -0.2) is 17.6 Å². The lowest BCUT2D eigenvalue weighted by atomic mass is 10.3. The highest BCUT2D eigenvalue weighted by atomic mass is 32.2. The number of alkyl halides is 3. The summed E-state index contributed by atoms with van der Waals surface area (Å²) in [5, 5.41) is 0.402. The van der Waals surface area contributed by atoms with Gasteiger partial charge in [0.25, 0.3) is 5.22 Å². The normalized spacial score (nSPS) is 12.0. The molecule has 0 atom stereocenters. The summed E-state index contributed by atoms with van der Waals surface area (Å²) in [5.41, 5.74) is 0.768. The second-order valence-corrected chi connectivity index (χ2v) is 3.62. The molecule has 1 aromatic carbocycles. The number of aromatic nitrogens is 1. The largest absolute Gasteiger partial charge is 0.573 e. The second kappa shape index (κ2) is 3.89. The molecule has 3 nitrogen and oxygen atoms in total. The van der Waals surface area contributed by atoms with Crippen LogP contribution in [0.3, 0.4) is 0 Å². The van der Waals surface area contributed by atoms with Gasteiger partial charge in [0.15, 0.2) is 5.58 Å². The van der Waals surface area contributed by atoms with Crippen molar-refractivity contribution in [1.82, 2.24) is 4.98 Å². The highest BCUT2D eigenvalue weighted by Crippen LogP contribution is 2.28. The minimum absolute atomic E-state index is 0.270. The van der Waals surface area contributed by atoms with Crippen molar-refractivity contribution in [3.05, 3.63) is 18.2 Å². The van der Waals surface area contributed by atoms with E-state index in [1.165, 1.54) is 23.9 Å². The van der Waals surface area contributed by atoms with Crippen molar-refractivity contribution in [2.45, 2.75) is 11.6 Å². The van der Waals surface area contributed by atoms with Gasteiger partial charge in [-0.15, -0.1) is 13.2 Å². The van der Waals surface area contributed by atoms with E-state index in [-0.39, 0.29) is 11.3 Å². The second-order valence-electron chi connectivity index (χ2n) is 2.86. The Morgan fingerprint density at radius 3 is 2.75 bits per heavy atom. The molecule has 2 rings (SSSR count). The van der Waals surface area contributed by atoms with Crippen molar-refractivity contribution >= 4 is 22.9 Å². The van der Waals surface area contributed by atoms with Gasteiger partial charge in [0.2, 0.25) is 0 Å². The summed E-state index contributed by atoms with van der Waals surface area (Å²) in [6.45, 7) is 0. The molecule has 0 aliphatic heterocycles. The molecular weight excluding hydrogens is 243 g/mol. The Balaban J connectivity index is 2.36. The molecule has 0 aliphatic carbocycles. The fraction of sp³-hybridized carbons (Fsp3) is 0.222. The number of fused-ring (bicyclic) bond motifs is 1. The fourth-order valence-corrected chi connectivity index (χ4v) is 1.53. The lowest BCUT2D eigenvalue weighted by molar-refractivity contribution is -0.274. The molecule has 0 N–H and O–H groups in total. The third kappa shape index (κ3) is 2.41. The summed E-state index contributed by atoms with van der Waals surface area (Å²) < 4.78 is 44.8. The monoisotopic (exact) mass is 249 g/mol. The number of thioether (sulfide) groups is 1. The topological polar surface area (TPSA) is 35.3 Å². The molecule has 16 heavy (non-hydrogen) atoms. The van der Waals surface area contributed by atoms with E-state index in [1.54, 1.807) is 6.26 Å². The SMILES string of the molecule is CSc1nc2ccc(OC(F)(F)F)cc2o1. The lowest BCUT2D eigenvalue weighted by Crippen LogP contribution is -2.16. The molecule has 0 fully saturated rings. The third-order valence-electron chi connectivity index (χ3n) is 1.75. The molecule has 0 saturated heterocycles. The highest BCUT2D eigenvalue weighted by molar-refractivity contribution is 7.98. The van der Waals surface area contributed by atoms with Gasteiger partial charge in [0.05, 0.1) is 0 Å². The minimum atomic E-state index is -4.70. The van der Waals surface area contributed by atoms with E-state index in [0.29, 0.717) is 10.7 Å². The number of ether oxygens (including phenoxy) is 1. The Hall–Kier alpha value is -1.37. The van der Waals surface area contributed by atoms with E-state index in [9.17, 15) is 13.2 Å². The first-order valence-corrected chi connectivity index (χ1v) is 5.41. The van der Waals surface area contributed by atoms with Crippen LogP contribution in [0.5, 0.6) is 5.75 Å². The summed E-state index contributed by atoms with van der Waals surface area (Å²) in [6.07, 6.45) is -2.94. The van der Waals surface area contributed by atoms with Crippen LogP contribution in [-0.2, 0) is 0 Å². The molecule has 7 heteroatoms. The maximum atomic E-state index is 11.9. The van der Waals surface area contributed by atoms with Gasteiger partial charge in [0, 0.05) is 6.07 Å². The molecule has 0 aliphatic rings. The first-order valence-electron chi connectivity index (χ1n) is 4.18. The number of nitrogens with zero attached hydrogens (tertiary/aromatic N) is 1. The Kier molecular flexibility index (Phi) is 2.71. The van der Waals surface area contributed by atoms with Crippen molar-refractivity contribution < 1.29 is 22.3 Å². The Morgan fingerprint density at radius 1 is 1.38 bits per heavy atom. The van der Waals surface area contributed by atoms with Crippen LogP contribution in [0.15, 0.2) is 27.8 Å².